The lowest BCUT2D eigenvalue weighted by Crippen LogP contribution is -2.40. The second kappa shape index (κ2) is 6.83. The first-order valence-electron chi connectivity index (χ1n) is 7.95. The molecule has 1 amide bonds. The van der Waals surface area contributed by atoms with Gasteiger partial charge in [-0.2, -0.15) is 0 Å². The van der Waals surface area contributed by atoms with Crippen LogP contribution in [0.5, 0.6) is 0 Å². The van der Waals surface area contributed by atoms with Crippen molar-refractivity contribution in [3.63, 3.8) is 0 Å². The van der Waals surface area contributed by atoms with Crippen LogP contribution < -0.4 is 16.0 Å². The van der Waals surface area contributed by atoms with E-state index in [1.54, 1.807) is 6.07 Å². The minimum absolute atomic E-state index is 0.0252. The van der Waals surface area contributed by atoms with Gasteiger partial charge in [-0.15, -0.1) is 0 Å². The predicted octanol–water partition coefficient (Wildman–Crippen LogP) is 3.03. The van der Waals surface area contributed by atoms with E-state index in [-0.39, 0.29) is 5.91 Å². The van der Waals surface area contributed by atoms with E-state index in [0.717, 1.165) is 5.69 Å². The molecule has 4 nitrogen and oxygen atoms in total. The number of carbonyl (C=O) groups is 1. The summed E-state index contributed by atoms with van der Waals surface area (Å²) in [5.74, 6) is 0.620. The molecule has 3 N–H and O–H groups in total. The third-order valence-electron chi connectivity index (χ3n) is 4.55. The molecule has 2 atom stereocenters. The Bertz CT molecular complexity index is 501. The minimum atomic E-state index is -0.0252. The van der Waals surface area contributed by atoms with E-state index in [2.05, 4.69) is 24.2 Å². The standard InChI is InChI=1S/C17H27N3O/c1-4-19-17(21)14-10-9-13(18)11-16(14)20(3)15-8-6-5-7-12(15)2/h9-12,15H,4-8,18H2,1-3H3,(H,19,21). The number of benzene rings is 1. The second-order valence-corrected chi connectivity index (χ2v) is 6.08. The molecule has 0 aliphatic heterocycles. The van der Waals surface area contributed by atoms with Crippen LogP contribution in [0.3, 0.4) is 0 Å². The number of nitrogens with one attached hydrogen (secondary N) is 1. The van der Waals surface area contributed by atoms with Crippen LogP contribution in [0.2, 0.25) is 0 Å². The van der Waals surface area contributed by atoms with Crippen LogP contribution in [0.4, 0.5) is 11.4 Å². The number of nitrogen functional groups attached to an aromatic ring is 1. The molecular weight excluding hydrogens is 262 g/mol. The molecule has 2 rings (SSSR count). The molecule has 1 aliphatic rings. The van der Waals surface area contributed by atoms with Gasteiger partial charge >= 0.3 is 0 Å². The van der Waals surface area contributed by atoms with Gasteiger partial charge in [0.05, 0.1) is 11.3 Å². The van der Waals surface area contributed by atoms with Gasteiger partial charge in [-0.1, -0.05) is 19.8 Å². The van der Waals surface area contributed by atoms with E-state index >= 15 is 0 Å². The summed E-state index contributed by atoms with van der Waals surface area (Å²) in [6, 6.07) is 6.03. The fourth-order valence-corrected chi connectivity index (χ4v) is 3.34. The lowest BCUT2D eigenvalue weighted by molar-refractivity contribution is 0.0956. The fraction of sp³-hybridized carbons (Fsp3) is 0.588. The number of carbonyl (C=O) groups excluding carboxylic acids is 1. The summed E-state index contributed by atoms with van der Waals surface area (Å²) < 4.78 is 0. The van der Waals surface area contributed by atoms with Crippen molar-refractivity contribution in [2.75, 3.05) is 24.2 Å². The van der Waals surface area contributed by atoms with Crippen molar-refractivity contribution in [3.8, 4) is 0 Å². The van der Waals surface area contributed by atoms with Gasteiger partial charge in [-0.05, 0) is 43.9 Å². The fourth-order valence-electron chi connectivity index (χ4n) is 3.34. The van der Waals surface area contributed by atoms with E-state index in [9.17, 15) is 4.79 Å². The first-order valence-corrected chi connectivity index (χ1v) is 7.95. The topological polar surface area (TPSA) is 58.4 Å². The molecule has 0 radical (unpaired) electrons. The van der Waals surface area contributed by atoms with Crippen LogP contribution >= 0.6 is 0 Å². The maximum absolute atomic E-state index is 12.3. The highest BCUT2D eigenvalue weighted by Crippen LogP contribution is 2.33. The number of hydrogen-bond donors (Lipinski definition) is 2. The molecule has 1 fully saturated rings. The molecule has 1 aromatic carbocycles. The first kappa shape index (κ1) is 15.7. The van der Waals surface area contributed by atoms with Crippen molar-refractivity contribution >= 4 is 17.3 Å². The lowest BCUT2D eigenvalue weighted by Gasteiger charge is -2.38. The molecule has 1 saturated carbocycles. The highest BCUT2D eigenvalue weighted by Gasteiger charge is 2.27. The molecule has 0 heterocycles. The zero-order valence-corrected chi connectivity index (χ0v) is 13.4. The van der Waals surface area contributed by atoms with Crippen molar-refractivity contribution in [1.29, 1.82) is 0 Å². The molecule has 0 spiro atoms. The second-order valence-electron chi connectivity index (χ2n) is 6.08. The molecule has 0 saturated heterocycles. The van der Waals surface area contributed by atoms with Crippen LogP contribution in [-0.2, 0) is 0 Å². The van der Waals surface area contributed by atoms with Gasteiger partial charge in [-0.3, -0.25) is 4.79 Å². The summed E-state index contributed by atoms with van der Waals surface area (Å²) in [7, 11) is 2.09. The third kappa shape index (κ3) is 3.49. The number of nitrogens with two attached hydrogens (primary N) is 1. The Morgan fingerprint density at radius 2 is 2.10 bits per heavy atom. The molecule has 21 heavy (non-hydrogen) atoms. The number of amides is 1. The SMILES string of the molecule is CCNC(=O)c1ccc(N)cc1N(C)C1CCCCC1C. The maximum atomic E-state index is 12.3. The molecule has 1 aliphatic carbocycles. The van der Waals surface area contributed by atoms with Crippen LogP contribution in [0.1, 0.15) is 49.9 Å². The van der Waals surface area contributed by atoms with Gasteiger partial charge in [0.1, 0.15) is 0 Å². The quantitative estimate of drug-likeness (QED) is 0.838. The van der Waals surface area contributed by atoms with Crippen LogP contribution in [0, 0.1) is 5.92 Å². The summed E-state index contributed by atoms with van der Waals surface area (Å²) in [4.78, 5) is 14.5. The molecule has 0 aromatic heterocycles. The van der Waals surface area contributed by atoms with Crippen molar-refractivity contribution < 1.29 is 4.79 Å². The molecule has 1 aromatic rings. The number of hydrogen-bond acceptors (Lipinski definition) is 3. The van der Waals surface area contributed by atoms with E-state index < -0.39 is 0 Å². The van der Waals surface area contributed by atoms with Crippen molar-refractivity contribution in [2.45, 2.75) is 45.6 Å². The summed E-state index contributed by atoms with van der Waals surface area (Å²) >= 11 is 0. The lowest BCUT2D eigenvalue weighted by atomic mass is 9.84. The minimum Gasteiger partial charge on any atom is -0.399 e. The number of nitrogens with zero attached hydrogens (tertiary/aromatic N) is 1. The highest BCUT2D eigenvalue weighted by molar-refractivity contribution is 6.00. The summed E-state index contributed by atoms with van der Waals surface area (Å²) in [6.07, 6.45) is 5.01. The van der Waals surface area contributed by atoms with Gasteiger partial charge in [0, 0.05) is 25.3 Å². The van der Waals surface area contributed by atoms with E-state index in [4.69, 9.17) is 5.73 Å². The van der Waals surface area contributed by atoms with E-state index in [1.807, 2.05) is 19.1 Å². The summed E-state index contributed by atoms with van der Waals surface area (Å²) in [5.41, 5.74) is 8.31. The van der Waals surface area contributed by atoms with Crippen molar-refractivity contribution in [3.05, 3.63) is 23.8 Å². The Kier molecular flexibility index (Phi) is 5.10. The van der Waals surface area contributed by atoms with Gasteiger partial charge in [-0.25, -0.2) is 0 Å². The van der Waals surface area contributed by atoms with E-state index in [1.165, 1.54) is 25.7 Å². The van der Waals surface area contributed by atoms with Crippen molar-refractivity contribution in [1.82, 2.24) is 5.32 Å². The molecular formula is C17H27N3O. The maximum Gasteiger partial charge on any atom is 0.253 e. The molecule has 116 valence electrons. The smallest absolute Gasteiger partial charge is 0.253 e. The predicted molar refractivity (Wildman–Crippen MR) is 88.7 cm³/mol. The zero-order valence-electron chi connectivity index (χ0n) is 13.4. The van der Waals surface area contributed by atoms with Crippen LogP contribution in [0.15, 0.2) is 18.2 Å². The third-order valence-corrected chi connectivity index (χ3v) is 4.55. The van der Waals surface area contributed by atoms with Gasteiger partial charge in [0.2, 0.25) is 0 Å². The Balaban J connectivity index is 2.32. The normalized spacial score (nSPS) is 21.9. The average Bonchev–Trinajstić information content (AvgIpc) is 2.47. The highest BCUT2D eigenvalue weighted by atomic mass is 16.1. The van der Waals surface area contributed by atoms with Gasteiger partial charge < -0.3 is 16.0 Å². The summed E-state index contributed by atoms with van der Waals surface area (Å²) in [6.45, 7) is 4.87. The van der Waals surface area contributed by atoms with Gasteiger partial charge in [0.15, 0.2) is 0 Å². The molecule has 4 heteroatoms. The van der Waals surface area contributed by atoms with Crippen LogP contribution in [0.25, 0.3) is 0 Å². The Hall–Kier alpha value is -1.71. The van der Waals surface area contributed by atoms with Crippen LogP contribution in [-0.4, -0.2) is 25.5 Å². The molecule has 2 unspecified atom stereocenters. The average molecular weight is 289 g/mol. The zero-order chi connectivity index (χ0) is 15.4. The monoisotopic (exact) mass is 289 g/mol. The number of rotatable bonds is 4. The van der Waals surface area contributed by atoms with Gasteiger partial charge in [0.25, 0.3) is 5.91 Å². The Morgan fingerprint density at radius 1 is 1.38 bits per heavy atom. The summed E-state index contributed by atoms with van der Waals surface area (Å²) in [5, 5.41) is 2.88. The Labute approximate surface area is 127 Å². The Morgan fingerprint density at radius 3 is 2.76 bits per heavy atom. The largest absolute Gasteiger partial charge is 0.399 e. The van der Waals surface area contributed by atoms with E-state index in [0.29, 0.717) is 29.8 Å². The number of anilines is 2. The van der Waals surface area contributed by atoms with Crippen molar-refractivity contribution in [2.24, 2.45) is 5.92 Å². The first-order chi connectivity index (χ1) is 10.0. The molecule has 0 bridgehead atoms.